The van der Waals surface area contributed by atoms with Gasteiger partial charge in [0.25, 0.3) is 0 Å². The molecule has 0 bridgehead atoms. The third-order valence-electron chi connectivity index (χ3n) is 3.57. The van der Waals surface area contributed by atoms with Gasteiger partial charge in [-0.15, -0.1) is 0 Å². The minimum Gasteiger partial charge on any atom is -0.461 e. The van der Waals surface area contributed by atoms with Crippen molar-refractivity contribution in [2.45, 2.75) is 58.0 Å². The Labute approximate surface area is 121 Å². The fourth-order valence-corrected chi connectivity index (χ4v) is 2.45. The van der Waals surface area contributed by atoms with Gasteiger partial charge in [-0.1, -0.05) is 6.42 Å². The average molecular weight is 285 g/mol. The van der Waals surface area contributed by atoms with Crippen LogP contribution in [0.5, 0.6) is 0 Å². The number of hydrogen-bond donors (Lipinski definition) is 1. The maximum atomic E-state index is 11.4. The number of carbonyl (C=O) groups is 2. The Balaban J connectivity index is 2.04. The van der Waals surface area contributed by atoms with E-state index in [1.807, 2.05) is 0 Å². The fraction of sp³-hybridized carbons (Fsp3) is 0.867. The van der Waals surface area contributed by atoms with Gasteiger partial charge in [0.1, 0.15) is 11.9 Å². The Hall–Kier alpha value is -0.940. The highest BCUT2D eigenvalue weighted by Gasteiger charge is 2.24. The number of likely N-dealkylation sites (tertiary alicyclic amines) is 1. The number of rotatable bonds is 10. The number of Topliss-reactive ketones (excluding diaryl/α,β-unsaturated/α-hetero) is 1. The summed E-state index contributed by atoms with van der Waals surface area (Å²) in [6, 6.07) is 0. The molecule has 1 unspecified atom stereocenters. The predicted octanol–water partition coefficient (Wildman–Crippen LogP) is 1.53. The Morgan fingerprint density at radius 3 is 2.70 bits per heavy atom. The van der Waals surface area contributed by atoms with Crippen molar-refractivity contribution in [2.75, 3.05) is 26.2 Å². The van der Waals surface area contributed by atoms with Crippen molar-refractivity contribution in [3.8, 4) is 0 Å². The molecule has 1 aliphatic rings. The van der Waals surface area contributed by atoms with E-state index >= 15 is 0 Å². The lowest BCUT2D eigenvalue weighted by molar-refractivity contribution is -0.148. The van der Waals surface area contributed by atoms with Gasteiger partial charge < -0.3 is 14.6 Å². The quantitative estimate of drug-likeness (QED) is 0.487. The SMILES string of the molecule is CC(=O)CCCCCN1CCC(OC(=O)CCCO)C1. The minimum absolute atomic E-state index is 0.0124. The number of nitrogens with zero attached hydrogens (tertiary/aromatic N) is 1. The number of unbranched alkanes of at least 4 members (excludes halogenated alkanes) is 2. The van der Waals surface area contributed by atoms with Gasteiger partial charge in [-0.2, -0.15) is 0 Å². The number of aliphatic hydroxyl groups is 1. The number of ketones is 1. The summed E-state index contributed by atoms with van der Waals surface area (Å²) < 4.78 is 5.37. The van der Waals surface area contributed by atoms with E-state index in [0.29, 0.717) is 19.3 Å². The van der Waals surface area contributed by atoms with Crippen LogP contribution in [0.15, 0.2) is 0 Å². The van der Waals surface area contributed by atoms with Gasteiger partial charge >= 0.3 is 5.97 Å². The van der Waals surface area contributed by atoms with Crippen molar-refractivity contribution >= 4 is 11.8 Å². The van der Waals surface area contributed by atoms with Crippen molar-refractivity contribution in [1.82, 2.24) is 4.90 Å². The fourth-order valence-electron chi connectivity index (χ4n) is 2.45. The van der Waals surface area contributed by atoms with Crippen LogP contribution < -0.4 is 0 Å². The van der Waals surface area contributed by atoms with Gasteiger partial charge in [-0.3, -0.25) is 9.69 Å². The van der Waals surface area contributed by atoms with Crippen LogP contribution in [-0.2, 0) is 14.3 Å². The summed E-state index contributed by atoms with van der Waals surface area (Å²) in [5.74, 6) is 0.0633. The molecule has 0 aromatic heterocycles. The van der Waals surface area contributed by atoms with Gasteiger partial charge in [0.05, 0.1) is 0 Å². The molecule has 1 aliphatic heterocycles. The van der Waals surface area contributed by atoms with E-state index < -0.39 is 0 Å². The molecule has 1 N–H and O–H groups in total. The molecule has 0 aromatic rings. The second-order valence-corrected chi connectivity index (χ2v) is 5.54. The highest BCUT2D eigenvalue weighted by Crippen LogP contribution is 2.15. The summed E-state index contributed by atoms with van der Waals surface area (Å²) in [6.07, 6.45) is 5.53. The Bertz CT molecular complexity index is 306. The molecule has 5 nitrogen and oxygen atoms in total. The molecular weight excluding hydrogens is 258 g/mol. The van der Waals surface area contributed by atoms with Crippen LogP contribution in [-0.4, -0.2) is 54.1 Å². The lowest BCUT2D eigenvalue weighted by Gasteiger charge is -2.16. The van der Waals surface area contributed by atoms with Gasteiger partial charge in [0.2, 0.25) is 0 Å². The first-order valence-corrected chi connectivity index (χ1v) is 7.64. The van der Waals surface area contributed by atoms with Crippen LogP contribution in [0.2, 0.25) is 0 Å². The molecule has 1 atom stereocenters. The first kappa shape index (κ1) is 17.1. The molecule has 20 heavy (non-hydrogen) atoms. The van der Waals surface area contributed by atoms with Crippen LogP contribution in [0.3, 0.4) is 0 Å². The number of carbonyl (C=O) groups excluding carboxylic acids is 2. The van der Waals surface area contributed by atoms with Crippen LogP contribution >= 0.6 is 0 Å². The first-order valence-electron chi connectivity index (χ1n) is 7.64. The van der Waals surface area contributed by atoms with Crippen molar-refractivity contribution < 1.29 is 19.4 Å². The van der Waals surface area contributed by atoms with Gasteiger partial charge in [-0.25, -0.2) is 0 Å². The highest BCUT2D eigenvalue weighted by atomic mass is 16.5. The Morgan fingerprint density at radius 2 is 2.00 bits per heavy atom. The van der Waals surface area contributed by atoms with Crippen molar-refractivity contribution in [2.24, 2.45) is 0 Å². The van der Waals surface area contributed by atoms with E-state index in [1.165, 1.54) is 0 Å². The van der Waals surface area contributed by atoms with Crippen LogP contribution in [0.25, 0.3) is 0 Å². The van der Waals surface area contributed by atoms with E-state index in [2.05, 4.69) is 4.90 Å². The molecule has 1 fully saturated rings. The van der Waals surface area contributed by atoms with Gasteiger partial charge in [0, 0.05) is 32.5 Å². The summed E-state index contributed by atoms with van der Waals surface area (Å²) in [7, 11) is 0. The molecule has 0 saturated carbocycles. The van der Waals surface area contributed by atoms with E-state index in [9.17, 15) is 9.59 Å². The largest absolute Gasteiger partial charge is 0.461 e. The number of ether oxygens (including phenoxy) is 1. The normalized spacial score (nSPS) is 19.2. The molecule has 1 heterocycles. The Kier molecular flexibility index (Phi) is 8.46. The topological polar surface area (TPSA) is 66.8 Å². The van der Waals surface area contributed by atoms with E-state index in [0.717, 1.165) is 45.3 Å². The zero-order valence-electron chi connectivity index (χ0n) is 12.5. The molecule has 1 rings (SSSR count). The highest BCUT2D eigenvalue weighted by molar-refractivity contribution is 5.75. The summed E-state index contributed by atoms with van der Waals surface area (Å²) >= 11 is 0. The second kappa shape index (κ2) is 9.88. The molecule has 0 aromatic carbocycles. The zero-order chi connectivity index (χ0) is 14.8. The molecule has 0 amide bonds. The van der Waals surface area contributed by atoms with E-state index in [1.54, 1.807) is 6.92 Å². The summed E-state index contributed by atoms with van der Waals surface area (Å²) in [5, 5.41) is 8.66. The third kappa shape index (κ3) is 7.60. The van der Waals surface area contributed by atoms with Gasteiger partial charge in [0.15, 0.2) is 0 Å². The summed E-state index contributed by atoms with van der Waals surface area (Å²) in [5.41, 5.74) is 0. The first-order chi connectivity index (χ1) is 9.61. The van der Waals surface area contributed by atoms with Gasteiger partial charge in [-0.05, 0) is 39.2 Å². The van der Waals surface area contributed by atoms with Crippen molar-refractivity contribution in [3.63, 3.8) is 0 Å². The lowest BCUT2D eigenvalue weighted by Crippen LogP contribution is -2.26. The Morgan fingerprint density at radius 1 is 1.20 bits per heavy atom. The molecule has 116 valence electrons. The lowest BCUT2D eigenvalue weighted by atomic mass is 10.1. The maximum absolute atomic E-state index is 11.4. The molecule has 0 spiro atoms. The third-order valence-corrected chi connectivity index (χ3v) is 3.57. The van der Waals surface area contributed by atoms with Crippen molar-refractivity contribution in [1.29, 1.82) is 0 Å². The smallest absolute Gasteiger partial charge is 0.306 e. The monoisotopic (exact) mass is 285 g/mol. The molecule has 1 saturated heterocycles. The number of aliphatic hydroxyl groups excluding tert-OH is 1. The molecule has 0 aliphatic carbocycles. The van der Waals surface area contributed by atoms with Crippen LogP contribution in [0.4, 0.5) is 0 Å². The maximum Gasteiger partial charge on any atom is 0.306 e. The second-order valence-electron chi connectivity index (χ2n) is 5.54. The minimum atomic E-state index is -0.202. The van der Waals surface area contributed by atoms with Crippen LogP contribution in [0, 0.1) is 0 Å². The number of esters is 1. The van der Waals surface area contributed by atoms with Crippen LogP contribution in [0.1, 0.15) is 51.9 Å². The molecular formula is C15H27NO4. The van der Waals surface area contributed by atoms with E-state index in [-0.39, 0.29) is 24.5 Å². The van der Waals surface area contributed by atoms with E-state index in [4.69, 9.17) is 9.84 Å². The van der Waals surface area contributed by atoms with Crippen molar-refractivity contribution in [3.05, 3.63) is 0 Å². The standard InChI is InChI=1S/C15H27NO4/c1-13(18)6-3-2-4-9-16-10-8-14(12-16)20-15(19)7-5-11-17/h14,17H,2-12H2,1H3. The molecule has 0 radical (unpaired) electrons. The average Bonchev–Trinajstić information content (AvgIpc) is 2.83. The summed E-state index contributed by atoms with van der Waals surface area (Å²) in [4.78, 5) is 24.6. The number of hydrogen-bond acceptors (Lipinski definition) is 5. The zero-order valence-corrected chi connectivity index (χ0v) is 12.5. The predicted molar refractivity (Wildman–Crippen MR) is 76.4 cm³/mol. The molecule has 5 heteroatoms. The summed E-state index contributed by atoms with van der Waals surface area (Å²) in [6.45, 7) is 4.48.